The van der Waals surface area contributed by atoms with Crippen LogP contribution in [0.3, 0.4) is 0 Å². The lowest BCUT2D eigenvalue weighted by Gasteiger charge is -2.17. The molecule has 0 aromatic carbocycles. The molecule has 0 saturated carbocycles. The molecule has 0 saturated heterocycles. The third-order valence-corrected chi connectivity index (χ3v) is 2.16. The first-order valence-corrected chi connectivity index (χ1v) is 5.12. The molecule has 0 aliphatic carbocycles. The van der Waals surface area contributed by atoms with Crippen LogP contribution in [0.1, 0.15) is 32.0 Å². The highest BCUT2D eigenvalue weighted by Gasteiger charge is 2.21. The summed E-state index contributed by atoms with van der Waals surface area (Å²) >= 11 is 0. The van der Waals surface area contributed by atoms with E-state index in [2.05, 4.69) is 37.1 Å². The van der Waals surface area contributed by atoms with Crippen molar-refractivity contribution in [1.82, 2.24) is 15.1 Å². The van der Waals surface area contributed by atoms with Crippen LogP contribution in [0, 0.1) is 12.3 Å². The average molecular weight is 205 g/mol. The van der Waals surface area contributed by atoms with Crippen molar-refractivity contribution in [3.05, 3.63) is 17.5 Å². The van der Waals surface area contributed by atoms with Crippen molar-refractivity contribution in [2.24, 2.45) is 7.05 Å². The van der Waals surface area contributed by atoms with E-state index in [0.717, 1.165) is 12.2 Å². The molecule has 0 unspecified atom stereocenters. The van der Waals surface area contributed by atoms with E-state index >= 15 is 0 Å². The minimum Gasteiger partial charge on any atom is -0.302 e. The van der Waals surface area contributed by atoms with Crippen LogP contribution < -0.4 is 5.32 Å². The highest BCUT2D eigenvalue weighted by Crippen LogP contribution is 2.23. The first-order valence-electron chi connectivity index (χ1n) is 5.12. The van der Waals surface area contributed by atoms with Gasteiger partial charge in [-0.25, -0.2) is 0 Å². The molecular formula is C12H19N3. The Kier molecular flexibility index (Phi) is 3.54. The van der Waals surface area contributed by atoms with E-state index in [1.807, 2.05) is 17.9 Å². The van der Waals surface area contributed by atoms with Gasteiger partial charge in [0.05, 0.1) is 12.2 Å². The average Bonchev–Trinajstić information content (AvgIpc) is 2.47. The third kappa shape index (κ3) is 3.10. The van der Waals surface area contributed by atoms with Crippen LogP contribution >= 0.6 is 0 Å². The molecular weight excluding hydrogens is 186 g/mol. The number of terminal acetylenes is 1. The lowest BCUT2D eigenvalue weighted by Crippen LogP contribution is -2.19. The Morgan fingerprint density at radius 3 is 2.73 bits per heavy atom. The molecule has 0 bridgehead atoms. The molecule has 0 spiro atoms. The number of aromatic nitrogens is 2. The second-order valence-corrected chi connectivity index (χ2v) is 4.73. The predicted molar refractivity (Wildman–Crippen MR) is 62.4 cm³/mol. The fraction of sp³-hybridized carbons (Fsp3) is 0.583. The number of hydrogen-bond acceptors (Lipinski definition) is 2. The Bertz CT molecular complexity index is 363. The van der Waals surface area contributed by atoms with E-state index < -0.39 is 0 Å². The normalized spacial score (nSPS) is 11.4. The summed E-state index contributed by atoms with van der Waals surface area (Å²) < 4.78 is 1.85. The maximum atomic E-state index is 5.19. The molecule has 0 aliphatic rings. The Hall–Kier alpha value is -1.27. The third-order valence-electron chi connectivity index (χ3n) is 2.16. The van der Waals surface area contributed by atoms with Gasteiger partial charge in [0.2, 0.25) is 0 Å². The first-order chi connectivity index (χ1) is 6.95. The second kappa shape index (κ2) is 4.50. The zero-order chi connectivity index (χ0) is 11.5. The highest BCUT2D eigenvalue weighted by atomic mass is 15.3. The minimum atomic E-state index is 0.0778. The van der Waals surface area contributed by atoms with Crippen molar-refractivity contribution >= 4 is 0 Å². The minimum absolute atomic E-state index is 0.0778. The number of nitrogens with zero attached hydrogens (tertiary/aromatic N) is 2. The van der Waals surface area contributed by atoms with Crippen LogP contribution in [0.4, 0.5) is 0 Å². The van der Waals surface area contributed by atoms with Gasteiger partial charge < -0.3 is 5.32 Å². The van der Waals surface area contributed by atoms with Crippen LogP contribution in [0.25, 0.3) is 0 Å². The molecule has 82 valence electrons. The van der Waals surface area contributed by atoms with E-state index in [0.29, 0.717) is 6.54 Å². The first kappa shape index (κ1) is 11.8. The molecule has 0 atom stereocenters. The van der Waals surface area contributed by atoms with Gasteiger partial charge in [0, 0.05) is 30.8 Å². The SMILES string of the molecule is C#CCNCc1cn(C)nc1C(C)(C)C. The largest absolute Gasteiger partial charge is 0.302 e. The molecule has 3 nitrogen and oxygen atoms in total. The number of rotatable bonds is 3. The summed E-state index contributed by atoms with van der Waals surface area (Å²) in [5.41, 5.74) is 2.43. The lowest BCUT2D eigenvalue weighted by molar-refractivity contribution is 0.545. The van der Waals surface area contributed by atoms with Crippen LogP contribution in [-0.4, -0.2) is 16.3 Å². The maximum absolute atomic E-state index is 5.19. The van der Waals surface area contributed by atoms with Gasteiger partial charge in [-0.05, 0) is 0 Å². The lowest BCUT2D eigenvalue weighted by atomic mass is 9.89. The topological polar surface area (TPSA) is 29.9 Å². The molecule has 0 fully saturated rings. The summed E-state index contributed by atoms with van der Waals surface area (Å²) in [6.45, 7) is 7.88. The molecule has 0 amide bonds. The van der Waals surface area contributed by atoms with Gasteiger partial charge in [0.1, 0.15) is 0 Å². The summed E-state index contributed by atoms with van der Waals surface area (Å²) in [5, 5.41) is 7.67. The van der Waals surface area contributed by atoms with Crippen molar-refractivity contribution in [3.8, 4) is 12.3 Å². The zero-order valence-electron chi connectivity index (χ0n) is 9.96. The van der Waals surface area contributed by atoms with Crippen molar-refractivity contribution < 1.29 is 0 Å². The van der Waals surface area contributed by atoms with E-state index in [-0.39, 0.29) is 5.41 Å². The van der Waals surface area contributed by atoms with E-state index in [4.69, 9.17) is 6.42 Å². The molecule has 0 radical (unpaired) electrons. The molecule has 1 aromatic heterocycles. The predicted octanol–water partition coefficient (Wildman–Crippen LogP) is 1.44. The molecule has 1 heterocycles. The van der Waals surface area contributed by atoms with Crippen LogP contribution in [0.15, 0.2) is 6.20 Å². The number of nitrogens with one attached hydrogen (secondary N) is 1. The van der Waals surface area contributed by atoms with Crippen LogP contribution in [-0.2, 0) is 19.0 Å². The fourth-order valence-electron chi connectivity index (χ4n) is 1.57. The Balaban J connectivity index is 2.83. The van der Waals surface area contributed by atoms with Gasteiger partial charge in [-0.2, -0.15) is 5.10 Å². The zero-order valence-corrected chi connectivity index (χ0v) is 9.96. The van der Waals surface area contributed by atoms with E-state index in [9.17, 15) is 0 Å². The second-order valence-electron chi connectivity index (χ2n) is 4.73. The van der Waals surface area contributed by atoms with Crippen molar-refractivity contribution in [2.45, 2.75) is 32.7 Å². The van der Waals surface area contributed by atoms with Crippen molar-refractivity contribution in [2.75, 3.05) is 6.54 Å². The van der Waals surface area contributed by atoms with Crippen LogP contribution in [0.5, 0.6) is 0 Å². The van der Waals surface area contributed by atoms with Gasteiger partial charge in [-0.15, -0.1) is 6.42 Å². The molecule has 1 N–H and O–H groups in total. The maximum Gasteiger partial charge on any atom is 0.0722 e. The van der Waals surface area contributed by atoms with Gasteiger partial charge in [-0.3, -0.25) is 4.68 Å². The van der Waals surface area contributed by atoms with Crippen LogP contribution in [0.2, 0.25) is 0 Å². The molecule has 1 rings (SSSR count). The summed E-state index contributed by atoms with van der Waals surface area (Å²) in [7, 11) is 1.94. The van der Waals surface area contributed by atoms with Gasteiger partial charge in [0.25, 0.3) is 0 Å². The Labute approximate surface area is 91.9 Å². The Morgan fingerprint density at radius 2 is 2.20 bits per heavy atom. The molecule has 15 heavy (non-hydrogen) atoms. The Morgan fingerprint density at radius 1 is 1.53 bits per heavy atom. The standard InChI is InChI=1S/C12H19N3/c1-6-7-13-8-10-9-15(5)14-11(10)12(2,3)4/h1,9,13H,7-8H2,2-5H3. The number of aryl methyl sites for hydroxylation is 1. The van der Waals surface area contributed by atoms with E-state index in [1.54, 1.807) is 0 Å². The molecule has 3 heteroatoms. The van der Waals surface area contributed by atoms with E-state index in [1.165, 1.54) is 5.56 Å². The van der Waals surface area contributed by atoms with Crippen molar-refractivity contribution in [3.63, 3.8) is 0 Å². The van der Waals surface area contributed by atoms with Gasteiger partial charge in [0.15, 0.2) is 0 Å². The fourth-order valence-corrected chi connectivity index (χ4v) is 1.57. The van der Waals surface area contributed by atoms with Gasteiger partial charge in [-0.1, -0.05) is 26.7 Å². The summed E-state index contributed by atoms with van der Waals surface area (Å²) in [6, 6.07) is 0. The summed E-state index contributed by atoms with van der Waals surface area (Å²) in [5.74, 6) is 2.56. The monoisotopic (exact) mass is 205 g/mol. The summed E-state index contributed by atoms with van der Waals surface area (Å²) in [4.78, 5) is 0. The van der Waals surface area contributed by atoms with Gasteiger partial charge >= 0.3 is 0 Å². The number of hydrogen-bond donors (Lipinski definition) is 1. The quantitative estimate of drug-likeness (QED) is 0.598. The highest BCUT2D eigenvalue weighted by molar-refractivity contribution is 5.23. The molecule has 1 aromatic rings. The van der Waals surface area contributed by atoms with Crippen molar-refractivity contribution in [1.29, 1.82) is 0 Å². The summed E-state index contributed by atoms with van der Waals surface area (Å²) in [6.07, 6.45) is 7.23. The molecule has 0 aliphatic heterocycles. The smallest absolute Gasteiger partial charge is 0.0722 e.